The van der Waals surface area contributed by atoms with Crippen molar-refractivity contribution in [2.45, 2.75) is 0 Å². The second-order valence-corrected chi connectivity index (χ2v) is 21.9. The number of hydrogen-bond donors (Lipinski definition) is 0. The lowest BCUT2D eigenvalue weighted by molar-refractivity contribution is 1.25. The quantitative estimate of drug-likeness (QED) is 0.102. The maximum atomic E-state index is 5.23. The van der Waals surface area contributed by atoms with Crippen LogP contribution in [0.5, 0.6) is 0 Å². The molecule has 0 fully saturated rings. The molecule has 7 aromatic carbocycles. The topological polar surface area (TPSA) is 129 Å². The molecule has 10 aromatic heterocycles. The summed E-state index contributed by atoms with van der Waals surface area (Å²) in [4.78, 5) is 47.7. The highest BCUT2D eigenvalue weighted by atomic mass is 14.8. The van der Waals surface area contributed by atoms with Gasteiger partial charge in [-0.15, -0.1) is 0 Å². The van der Waals surface area contributed by atoms with Gasteiger partial charge in [0, 0.05) is 115 Å². The fourth-order valence-electron chi connectivity index (χ4n) is 12.1. The van der Waals surface area contributed by atoms with Gasteiger partial charge in [0.1, 0.15) is 0 Å². The van der Waals surface area contributed by atoms with Crippen molar-refractivity contribution in [2.75, 3.05) is 0 Å². The van der Waals surface area contributed by atoms with Crippen LogP contribution in [0, 0.1) is 0 Å². The standard InChI is InChI=1S/C43H27N5.C37H23N5/c1-2-10-40-35(7-1)41(30-19-23-44-24-20-30)36-17-15-31-16-18-39(47-42(31)43(36)48-40)29-13-11-28(12-14-29)32-25-33(37-8-3-5-21-45-37)27-34(26-32)38-9-4-6-22-46-38;1-2-7-32-28(6-1)35(26-19-22-38-23-20-26)29-17-15-27-16-18-31(41-36(27)37(29)42-32)25-13-11-24(12-14-25)30-9-5-10-34(40-30)33-8-3-4-21-39-33/h1-27H;1-23H. The number of para-hydroxylation sites is 2. The highest BCUT2D eigenvalue weighted by molar-refractivity contribution is 6.17. The van der Waals surface area contributed by atoms with Gasteiger partial charge in [-0.3, -0.25) is 24.9 Å². The van der Waals surface area contributed by atoms with Crippen LogP contribution in [-0.2, 0) is 0 Å². The monoisotopic (exact) mass is 1150 g/mol. The molecule has 10 nitrogen and oxygen atoms in total. The molecule has 90 heavy (non-hydrogen) atoms. The van der Waals surface area contributed by atoms with Gasteiger partial charge in [0.25, 0.3) is 0 Å². The van der Waals surface area contributed by atoms with Gasteiger partial charge in [-0.05, 0) is 138 Å². The number of pyridine rings is 10. The molecule has 0 aliphatic rings. The summed E-state index contributed by atoms with van der Waals surface area (Å²) in [5.41, 5.74) is 23.7. The minimum atomic E-state index is 0.853. The fourth-order valence-corrected chi connectivity index (χ4v) is 12.1. The Morgan fingerprint density at radius 2 is 0.578 bits per heavy atom. The van der Waals surface area contributed by atoms with Crippen LogP contribution in [-0.4, -0.2) is 49.8 Å². The van der Waals surface area contributed by atoms with Gasteiger partial charge in [-0.1, -0.05) is 146 Å². The maximum absolute atomic E-state index is 5.23. The van der Waals surface area contributed by atoms with Gasteiger partial charge >= 0.3 is 0 Å². The number of benzene rings is 7. The van der Waals surface area contributed by atoms with Crippen LogP contribution in [0.4, 0.5) is 0 Å². The predicted octanol–water partition coefficient (Wildman–Crippen LogP) is 19.2. The summed E-state index contributed by atoms with van der Waals surface area (Å²) in [5, 5.41) is 6.49. The van der Waals surface area contributed by atoms with E-state index in [1.54, 1.807) is 6.20 Å². The summed E-state index contributed by atoms with van der Waals surface area (Å²) in [6.07, 6.45) is 12.8. The van der Waals surface area contributed by atoms with E-state index in [0.717, 1.165) is 166 Å². The third kappa shape index (κ3) is 10.1. The van der Waals surface area contributed by atoms with Crippen LogP contribution in [0.2, 0.25) is 0 Å². The Labute approximate surface area is 517 Å². The predicted molar refractivity (Wildman–Crippen MR) is 365 cm³/mol. The average molecular weight is 1150 g/mol. The van der Waals surface area contributed by atoms with E-state index >= 15 is 0 Å². The van der Waals surface area contributed by atoms with Crippen LogP contribution in [0.25, 0.3) is 166 Å². The van der Waals surface area contributed by atoms with E-state index in [1.165, 1.54) is 0 Å². The zero-order valence-electron chi connectivity index (χ0n) is 48.3. The molecule has 0 saturated heterocycles. The summed E-state index contributed by atoms with van der Waals surface area (Å²) >= 11 is 0. The first-order chi connectivity index (χ1) is 44.6. The van der Waals surface area contributed by atoms with Crippen LogP contribution < -0.4 is 0 Å². The summed E-state index contributed by atoms with van der Waals surface area (Å²) in [6.45, 7) is 0. The fraction of sp³-hybridized carbons (Fsp3) is 0. The average Bonchev–Trinajstić information content (AvgIpc) is 0.857. The van der Waals surface area contributed by atoms with Gasteiger partial charge in [-0.2, -0.15) is 0 Å². The zero-order chi connectivity index (χ0) is 59.7. The molecule has 0 N–H and O–H groups in total. The first kappa shape index (κ1) is 53.1. The van der Waals surface area contributed by atoms with E-state index in [-0.39, 0.29) is 0 Å². The molecule has 17 aromatic rings. The Balaban J connectivity index is 0.000000145. The zero-order valence-corrected chi connectivity index (χ0v) is 48.3. The molecule has 0 radical (unpaired) electrons. The van der Waals surface area contributed by atoms with E-state index < -0.39 is 0 Å². The number of hydrogen-bond acceptors (Lipinski definition) is 10. The summed E-state index contributed by atoms with van der Waals surface area (Å²) in [5.74, 6) is 0. The highest BCUT2D eigenvalue weighted by Crippen LogP contribution is 2.41. The Morgan fingerprint density at radius 3 is 1.04 bits per heavy atom. The SMILES string of the molecule is c1ccc(-c2cc(-c3ccc(-c4ccc5ccc6c(-c7ccncc7)c7ccccc7nc6c5n4)cc3)cc(-c3ccccn3)c2)nc1.c1ccc(-c2cccc(-c3ccc(-c4ccc5ccc6c(-c7ccncc7)c7ccccc7nc6c5n4)cc3)n2)nc1. The smallest absolute Gasteiger partial charge is 0.0978 e. The number of fused-ring (bicyclic) bond motifs is 8. The molecule has 17 rings (SSSR count). The minimum Gasteiger partial charge on any atom is -0.265 e. The van der Waals surface area contributed by atoms with Crippen molar-refractivity contribution in [1.29, 1.82) is 0 Å². The van der Waals surface area contributed by atoms with Crippen LogP contribution in [0.3, 0.4) is 0 Å². The molecule has 0 spiro atoms. The lowest BCUT2D eigenvalue weighted by atomic mass is 9.95. The molecule has 0 amide bonds. The van der Waals surface area contributed by atoms with E-state index in [2.05, 4.69) is 201 Å². The molecule has 420 valence electrons. The molecule has 0 atom stereocenters. The molecular weight excluding hydrogens is 1100 g/mol. The molecular formula is C80H50N10. The van der Waals surface area contributed by atoms with Crippen LogP contribution in [0.1, 0.15) is 0 Å². The molecule has 0 aliphatic heterocycles. The number of nitrogens with zero attached hydrogens (tertiary/aromatic N) is 10. The summed E-state index contributed by atoms with van der Waals surface area (Å²) < 4.78 is 0. The molecule has 10 heteroatoms. The maximum Gasteiger partial charge on any atom is 0.0978 e. The van der Waals surface area contributed by atoms with Gasteiger partial charge in [0.05, 0.1) is 73.0 Å². The number of aromatic nitrogens is 10. The second-order valence-electron chi connectivity index (χ2n) is 21.9. The number of rotatable bonds is 9. The van der Waals surface area contributed by atoms with Crippen molar-refractivity contribution in [3.05, 3.63) is 304 Å². The minimum absolute atomic E-state index is 0.853. The van der Waals surface area contributed by atoms with Crippen molar-refractivity contribution in [2.24, 2.45) is 0 Å². The molecule has 0 saturated carbocycles. The van der Waals surface area contributed by atoms with Crippen molar-refractivity contribution >= 4 is 65.4 Å². The molecule has 10 heterocycles. The van der Waals surface area contributed by atoms with E-state index in [1.807, 2.05) is 122 Å². The van der Waals surface area contributed by atoms with Crippen LogP contribution >= 0.6 is 0 Å². The Morgan fingerprint density at radius 1 is 0.189 bits per heavy atom. The van der Waals surface area contributed by atoms with Crippen LogP contribution in [0.15, 0.2) is 304 Å². The Bertz CT molecular complexity index is 5450. The van der Waals surface area contributed by atoms with Crippen molar-refractivity contribution in [3.8, 4) is 101 Å². The van der Waals surface area contributed by atoms with E-state index in [0.29, 0.717) is 0 Å². The van der Waals surface area contributed by atoms with Gasteiger partial charge < -0.3 is 0 Å². The third-order valence-corrected chi connectivity index (χ3v) is 16.5. The first-order valence-corrected chi connectivity index (χ1v) is 29.7. The van der Waals surface area contributed by atoms with Gasteiger partial charge in [-0.25, -0.2) is 24.9 Å². The molecule has 0 aliphatic carbocycles. The molecule has 0 unspecified atom stereocenters. The van der Waals surface area contributed by atoms with E-state index in [4.69, 9.17) is 24.9 Å². The lowest BCUT2D eigenvalue weighted by Crippen LogP contribution is -1.93. The second kappa shape index (κ2) is 23.1. The largest absolute Gasteiger partial charge is 0.265 e. The van der Waals surface area contributed by atoms with Crippen molar-refractivity contribution in [1.82, 2.24) is 49.8 Å². The van der Waals surface area contributed by atoms with Gasteiger partial charge in [0.2, 0.25) is 0 Å². The Kier molecular flexibility index (Phi) is 13.6. The van der Waals surface area contributed by atoms with E-state index in [9.17, 15) is 0 Å². The summed E-state index contributed by atoms with van der Waals surface area (Å²) in [6, 6.07) is 89.3. The van der Waals surface area contributed by atoms with Crippen molar-refractivity contribution < 1.29 is 0 Å². The van der Waals surface area contributed by atoms with Gasteiger partial charge in [0.15, 0.2) is 0 Å². The lowest BCUT2D eigenvalue weighted by Gasteiger charge is -2.13. The highest BCUT2D eigenvalue weighted by Gasteiger charge is 2.18. The Hall–Kier alpha value is -12.4. The normalized spacial score (nSPS) is 11.3. The molecule has 0 bridgehead atoms. The first-order valence-electron chi connectivity index (χ1n) is 29.7. The third-order valence-electron chi connectivity index (χ3n) is 16.5. The van der Waals surface area contributed by atoms with Crippen molar-refractivity contribution in [3.63, 3.8) is 0 Å². The summed E-state index contributed by atoms with van der Waals surface area (Å²) in [7, 11) is 0.